The largest absolute Gasteiger partial charge is 0.311 e. The Kier molecular flexibility index (Phi) is 9.17. The Morgan fingerprint density at radius 1 is 0.414 bits per heavy atom. The second-order valence-corrected chi connectivity index (χ2v) is 28.7. The van der Waals surface area contributed by atoms with Gasteiger partial charge in [-0.25, -0.2) is 0 Å². The molecule has 2 aliphatic heterocycles. The first-order valence-corrected chi connectivity index (χ1v) is 27.0. The van der Waals surface area contributed by atoms with Gasteiger partial charge in [-0.15, -0.1) is 0 Å². The Labute approximate surface area is 422 Å². The molecule has 0 saturated carbocycles. The van der Waals surface area contributed by atoms with E-state index >= 15 is 0 Å². The summed E-state index contributed by atoms with van der Waals surface area (Å²) >= 11 is 0. The van der Waals surface area contributed by atoms with Crippen molar-refractivity contribution in [2.45, 2.75) is 200 Å². The highest BCUT2D eigenvalue weighted by atomic mass is 15.2. The minimum absolute atomic E-state index is 0.0411. The normalized spacial score (nSPS) is 21.4. The molecule has 3 heteroatoms. The Hall–Kier alpha value is -5.02. The van der Waals surface area contributed by atoms with E-state index in [0.29, 0.717) is 0 Å². The van der Waals surface area contributed by atoms with Crippen molar-refractivity contribution in [2.24, 2.45) is 0 Å². The van der Waals surface area contributed by atoms with Gasteiger partial charge in [-0.2, -0.15) is 0 Å². The van der Waals surface area contributed by atoms with Crippen LogP contribution >= 0.6 is 0 Å². The third kappa shape index (κ3) is 6.17. The number of anilines is 6. The van der Waals surface area contributed by atoms with Gasteiger partial charge in [0.1, 0.15) is 0 Å². The first kappa shape index (κ1) is 46.1. The Bertz CT molecular complexity index is 3290. The summed E-state index contributed by atoms with van der Waals surface area (Å²) in [7, 11) is 0. The van der Waals surface area contributed by atoms with Crippen LogP contribution in [0.5, 0.6) is 0 Å². The zero-order valence-corrected chi connectivity index (χ0v) is 46.2. The van der Waals surface area contributed by atoms with Crippen LogP contribution in [-0.2, 0) is 43.3 Å². The van der Waals surface area contributed by atoms with Gasteiger partial charge in [-0.3, -0.25) is 0 Å². The van der Waals surface area contributed by atoms with Crippen molar-refractivity contribution >= 4 is 57.2 Å². The summed E-state index contributed by atoms with van der Waals surface area (Å²) in [6.07, 6.45) is 5.87. The summed E-state index contributed by atoms with van der Waals surface area (Å²) < 4.78 is 0. The lowest BCUT2D eigenvalue weighted by molar-refractivity contribution is 0.332. The molecule has 360 valence electrons. The molecule has 6 aromatic carbocycles. The fraction of sp³-hybridized carbons (Fsp3) is 0.463. The molecule has 12 rings (SSSR count). The second kappa shape index (κ2) is 13.9. The van der Waals surface area contributed by atoms with E-state index in [9.17, 15) is 0 Å². The minimum Gasteiger partial charge on any atom is -0.311 e. The van der Waals surface area contributed by atoms with Crippen molar-refractivity contribution in [3.05, 3.63) is 147 Å². The van der Waals surface area contributed by atoms with Gasteiger partial charge in [-0.05, 0) is 191 Å². The topological polar surface area (TPSA) is 6.48 Å². The fourth-order valence-corrected chi connectivity index (χ4v) is 15.3. The van der Waals surface area contributed by atoms with Crippen LogP contribution in [0, 0.1) is 6.92 Å². The summed E-state index contributed by atoms with van der Waals surface area (Å²) in [6.45, 7) is 44.6. The molecule has 0 bridgehead atoms. The number of hydrogen-bond donors (Lipinski definition) is 0. The maximum absolute atomic E-state index is 2.79. The molecule has 2 nitrogen and oxygen atoms in total. The molecule has 6 aliphatic rings. The summed E-state index contributed by atoms with van der Waals surface area (Å²) in [5.41, 5.74) is 29.9. The van der Waals surface area contributed by atoms with Crippen LogP contribution < -0.4 is 26.2 Å². The van der Waals surface area contributed by atoms with Crippen LogP contribution in [0.2, 0.25) is 0 Å². The lowest BCUT2D eigenvalue weighted by Crippen LogP contribution is -2.62. The van der Waals surface area contributed by atoms with Crippen molar-refractivity contribution in [1.29, 1.82) is 0 Å². The zero-order valence-electron chi connectivity index (χ0n) is 46.2. The number of fused-ring (bicyclic) bond motifs is 10. The van der Waals surface area contributed by atoms with E-state index in [1.807, 2.05) is 0 Å². The maximum atomic E-state index is 2.79. The van der Waals surface area contributed by atoms with Gasteiger partial charge in [-0.1, -0.05) is 172 Å². The van der Waals surface area contributed by atoms with E-state index in [1.165, 1.54) is 143 Å². The van der Waals surface area contributed by atoms with Crippen LogP contribution in [0.1, 0.15) is 205 Å². The first-order chi connectivity index (χ1) is 32.5. The maximum Gasteiger partial charge on any atom is 0.252 e. The molecule has 0 saturated heterocycles. The lowest BCUT2D eigenvalue weighted by Gasteiger charge is -2.49. The van der Waals surface area contributed by atoms with Gasteiger partial charge >= 0.3 is 0 Å². The van der Waals surface area contributed by atoms with E-state index in [0.717, 1.165) is 6.42 Å². The molecule has 0 spiro atoms. The predicted molar refractivity (Wildman–Crippen MR) is 303 cm³/mol. The minimum atomic E-state index is -0.125. The van der Waals surface area contributed by atoms with Gasteiger partial charge in [0.2, 0.25) is 0 Å². The predicted octanol–water partition coefficient (Wildman–Crippen LogP) is 16.3. The van der Waals surface area contributed by atoms with E-state index in [-0.39, 0.29) is 50.0 Å². The average Bonchev–Trinajstić information content (AvgIpc) is 3.62. The van der Waals surface area contributed by atoms with Crippen LogP contribution in [0.3, 0.4) is 0 Å². The van der Waals surface area contributed by atoms with Crippen molar-refractivity contribution < 1.29 is 0 Å². The second-order valence-electron chi connectivity index (χ2n) is 28.7. The van der Waals surface area contributed by atoms with Crippen molar-refractivity contribution in [3.63, 3.8) is 0 Å². The monoisotopic (exact) mass is 923 g/mol. The van der Waals surface area contributed by atoms with Crippen molar-refractivity contribution in [3.8, 4) is 11.1 Å². The third-order valence-corrected chi connectivity index (χ3v) is 19.6. The molecule has 4 aliphatic carbocycles. The van der Waals surface area contributed by atoms with E-state index in [1.54, 1.807) is 0 Å². The van der Waals surface area contributed by atoms with Gasteiger partial charge in [0.15, 0.2) is 0 Å². The molecule has 0 N–H and O–H groups in total. The summed E-state index contributed by atoms with van der Waals surface area (Å²) in [4.78, 5) is 5.57. The van der Waals surface area contributed by atoms with Crippen LogP contribution in [0.15, 0.2) is 91.0 Å². The van der Waals surface area contributed by atoms with E-state index < -0.39 is 0 Å². The third-order valence-electron chi connectivity index (χ3n) is 19.6. The van der Waals surface area contributed by atoms with Crippen LogP contribution in [0.4, 0.5) is 34.1 Å². The highest BCUT2D eigenvalue weighted by Gasteiger charge is 2.51. The summed E-state index contributed by atoms with van der Waals surface area (Å²) in [5.74, 6) is 0. The highest BCUT2D eigenvalue weighted by Crippen LogP contribution is 2.59. The molecular formula is C67H79BN2. The Morgan fingerprint density at radius 3 is 1.36 bits per heavy atom. The lowest BCUT2D eigenvalue weighted by atomic mass is 9.32. The van der Waals surface area contributed by atoms with E-state index in [2.05, 4.69) is 225 Å². The first-order valence-electron chi connectivity index (χ1n) is 27.0. The highest BCUT2D eigenvalue weighted by molar-refractivity contribution is 7.00. The van der Waals surface area contributed by atoms with Gasteiger partial charge in [0.25, 0.3) is 6.71 Å². The Morgan fingerprint density at radius 2 is 0.843 bits per heavy atom. The van der Waals surface area contributed by atoms with E-state index in [4.69, 9.17) is 0 Å². The molecule has 0 fully saturated rings. The van der Waals surface area contributed by atoms with Crippen molar-refractivity contribution in [1.82, 2.24) is 0 Å². The van der Waals surface area contributed by atoms with Gasteiger partial charge < -0.3 is 9.80 Å². The summed E-state index contributed by atoms with van der Waals surface area (Å²) in [5, 5.41) is 0. The zero-order chi connectivity index (χ0) is 50.0. The molecule has 0 amide bonds. The molecule has 0 aromatic heterocycles. The summed E-state index contributed by atoms with van der Waals surface area (Å²) in [6, 6.07) is 37.9. The number of nitrogens with zero attached hydrogens (tertiary/aromatic N) is 2. The molecular weight excluding hydrogens is 844 g/mol. The number of hydrogen-bond acceptors (Lipinski definition) is 2. The van der Waals surface area contributed by atoms with Crippen LogP contribution in [0.25, 0.3) is 11.1 Å². The molecule has 0 radical (unpaired) electrons. The van der Waals surface area contributed by atoms with Gasteiger partial charge in [0.05, 0.1) is 5.69 Å². The number of benzene rings is 6. The molecule has 70 heavy (non-hydrogen) atoms. The molecule has 2 heterocycles. The Balaban J connectivity index is 1.27. The standard InChI is InChI=1S/C67H79BN2/c1-39-30-44-49(66(15,16)38-65(44,13)14)35-53(39)70-55-37-48-46(62(7,8)27-29-64(48,11)12)34-51(55)68-50-33-45-47(63(9,10)28-26-61(45,5)6)36-54(50)69(56-31-40(60(2,3)4)32-57(70)59(56)68)52-25-21-24-43-58(52)41-22-19-20-23-42(41)67(43,17)18/h19-25,30-37H,26-29,38H2,1-18H3. The number of aryl methyl sites for hydroxylation is 1. The molecule has 0 unspecified atom stereocenters. The average molecular weight is 923 g/mol. The molecule has 6 aromatic rings. The smallest absolute Gasteiger partial charge is 0.252 e. The SMILES string of the molecule is Cc1cc2c(cc1N1c3cc4c(cc3B3c5cc6c(cc5N(c5cccc7c5-c5ccccc5C7(C)C)c5cc(C(C)(C)C)cc1c53)C(C)(C)CCC6(C)C)C(C)(C)CCC4(C)C)C(C)(C)CC2(C)C. The fourth-order valence-electron chi connectivity index (χ4n) is 15.3. The van der Waals surface area contributed by atoms with Gasteiger partial charge in [0, 0.05) is 39.4 Å². The molecule has 0 atom stereocenters. The van der Waals surface area contributed by atoms with Crippen LogP contribution in [-0.4, -0.2) is 6.71 Å². The van der Waals surface area contributed by atoms with Crippen molar-refractivity contribution in [2.75, 3.05) is 9.80 Å². The quantitative estimate of drug-likeness (QED) is 0.159. The number of rotatable bonds is 2.